The maximum Gasteiger partial charge on any atom is 0.269 e. The van der Waals surface area contributed by atoms with E-state index < -0.39 is 14.9 Å². The first-order valence-corrected chi connectivity index (χ1v) is 12.1. The molecule has 4 rings (SSSR count). The first-order chi connectivity index (χ1) is 15.8. The number of hydrogen-bond donors (Lipinski definition) is 0. The molecule has 170 valence electrons. The second-order valence-electron chi connectivity index (χ2n) is 8.07. The molecule has 8 heteroatoms. The fourth-order valence-electron chi connectivity index (χ4n) is 4.01. The maximum atomic E-state index is 13.6. The molecule has 7 nitrogen and oxygen atoms in total. The van der Waals surface area contributed by atoms with E-state index in [1.807, 2.05) is 55.5 Å². The van der Waals surface area contributed by atoms with Crippen LogP contribution < -0.4 is 0 Å². The SMILES string of the molecule is CC1=CN(S(=O)(=O)c2ccc([N+](=O)[O-])cc2)[C@@H](Cc2ccccc2)CN1Cc1ccccc1. The Hall–Kier alpha value is -3.65. The number of nitrogens with zero attached hydrogens (tertiary/aromatic N) is 3. The first-order valence-electron chi connectivity index (χ1n) is 10.6. The number of hydrogen-bond acceptors (Lipinski definition) is 5. The third kappa shape index (κ3) is 5.06. The highest BCUT2D eigenvalue weighted by Gasteiger charge is 2.34. The van der Waals surface area contributed by atoms with Gasteiger partial charge in [0.05, 0.1) is 15.9 Å². The molecule has 1 aliphatic rings. The number of rotatable bonds is 7. The van der Waals surface area contributed by atoms with E-state index in [1.165, 1.54) is 28.6 Å². The summed E-state index contributed by atoms with van der Waals surface area (Å²) in [5, 5.41) is 11.0. The number of allylic oxidation sites excluding steroid dienone is 1. The average molecular weight is 464 g/mol. The van der Waals surface area contributed by atoms with Gasteiger partial charge in [-0.15, -0.1) is 0 Å². The van der Waals surface area contributed by atoms with Crippen LogP contribution in [0.4, 0.5) is 5.69 Å². The van der Waals surface area contributed by atoms with E-state index in [4.69, 9.17) is 0 Å². The van der Waals surface area contributed by atoms with Gasteiger partial charge in [-0.05, 0) is 36.6 Å². The Labute approximate surface area is 193 Å². The monoisotopic (exact) mass is 463 g/mol. The molecular formula is C25H25N3O4S. The van der Waals surface area contributed by atoms with Gasteiger partial charge in [0.25, 0.3) is 15.7 Å². The normalized spacial score (nSPS) is 16.4. The Morgan fingerprint density at radius 2 is 1.48 bits per heavy atom. The molecule has 0 fully saturated rings. The molecule has 3 aromatic carbocycles. The molecule has 1 atom stereocenters. The highest BCUT2D eigenvalue weighted by molar-refractivity contribution is 7.89. The summed E-state index contributed by atoms with van der Waals surface area (Å²) >= 11 is 0. The zero-order valence-electron chi connectivity index (χ0n) is 18.2. The Kier molecular flexibility index (Phi) is 6.46. The Bertz CT molecular complexity index is 1240. The molecule has 0 aliphatic carbocycles. The van der Waals surface area contributed by atoms with Crippen LogP contribution in [0.1, 0.15) is 18.1 Å². The van der Waals surface area contributed by atoms with E-state index in [9.17, 15) is 18.5 Å². The largest absolute Gasteiger partial charge is 0.367 e. The summed E-state index contributed by atoms with van der Waals surface area (Å²) in [5.74, 6) is 0. The predicted molar refractivity (Wildman–Crippen MR) is 127 cm³/mol. The summed E-state index contributed by atoms with van der Waals surface area (Å²) in [5.41, 5.74) is 2.89. The lowest BCUT2D eigenvalue weighted by atomic mass is 10.0. The van der Waals surface area contributed by atoms with Crippen molar-refractivity contribution in [1.29, 1.82) is 0 Å². The second-order valence-corrected chi connectivity index (χ2v) is 9.91. The van der Waals surface area contributed by atoms with E-state index in [1.54, 1.807) is 6.20 Å². The molecule has 0 unspecified atom stereocenters. The van der Waals surface area contributed by atoms with Crippen LogP contribution in [-0.4, -0.2) is 35.1 Å². The van der Waals surface area contributed by atoms with E-state index in [0.29, 0.717) is 19.5 Å². The van der Waals surface area contributed by atoms with Gasteiger partial charge in [-0.3, -0.25) is 14.4 Å². The van der Waals surface area contributed by atoms with Crippen molar-refractivity contribution in [3.05, 3.63) is 118 Å². The molecule has 33 heavy (non-hydrogen) atoms. The fourth-order valence-corrected chi connectivity index (χ4v) is 5.56. The minimum Gasteiger partial charge on any atom is -0.367 e. The third-order valence-electron chi connectivity index (χ3n) is 5.76. The van der Waals surface area contributed by atoms with Crippen LogP contribution in [0, 0.1) is 10.1 Å². The fraction of sp³-hybridized carbons (Fsp3) is 0.200. The van der Waals surface area contributed by atoms with E-state index in [-0.39, 0.29) is 16.6 Å². The standard InChI is InChI=1S/C25H25N3O4S/c1-20-17-27(33(31,32)25-14-12-23(13-15-25)28(29)30)24(16-21-8-4-2-5-9-21)19-26(20)18-22-10-6-3-7-11-22/h2-15,17,24H,16,18-19H2,1H3/t24-/m0/s1. The molecule has 1 aliphatic heterocycles. The topological polar surface area (TPSA) is 83.8 Å². The van der Waals surface area contributed by atoms with E-state index in [2.05, 4.69) is 17.0 Å². The number of sulfonamides is 1. The van der Waals surface area contributed by atoms with Crippen molar-refractivity contribution >= 4 is 15.7 Å². The maximum absolute atomic E-state index is 13.6. The Morgan fingerprint density at radius 1 is 0.909 bits per heavy atom. The summed E-state index contributed by atoms with van der Waals surface area (Å²) < 4.78 is 28.6. The van der Waals surface area contributed by atoms with Crippen molar-refractivity contribution in [1.82, 2.24) is 9.21 Å². The molecule has 0 spiro atoms. The van der Waals surface area contributed by atoms with Crippen molar-refractivity contribution < 1.29 is 13.3 Å². The molecule has 0 saturated heterocycles. The van der Waals surface area contributed by atoms with Crippen molar-refractivity contribution in [2.75, 3.05) is 6.54 Å². The lowest BCUT2D eigenvalue weighted by molar-refractivity contribution is -0.384. The molecule has 3 aromatic rings. The van der Waals surface area contributed by atoms with Gasteiger partial charge in [0.1, 0.15) is 0 Å². The first kappa shape index (κ1) is 22.5. The lowest BCUT2D eigenvalue weighted by Gasteiger charge is -2.41. The number of nitro benzene ring substituents is 1. The molecule has 0 aromatic heterocycles. The predicted octanol–water partition coefficient (Wildman–Crippen LogP) is 4.57. The van der Waals surface area contributed by atoms with Crippen LogP contribution >= 0.6 is 0 Å². The molecule has 0 amide bonds. The summed E-state index contributed by atoms with van der Waals surface area (Å²) in [7, 11) is -3.90. The minimum absolute atomic E-state index is 0.0340. The van der Waals surface area contributed by atoms with Gasteiger partial charge < -0.3 is 4.90 Å². The van der Waals surface area contributed by atoms with Gasteiger partial charge in [0, 0.05) is 37.1 Å². The highest BCUT2D eigenvalue weighted by Crippen LogP contribution is 2.29. The van der Waals surface area contributed by atoms with Crippen LogP contribution in [0.5, 0.6) is 0 Å². The minimum atomic E-state index is -3.90. The Morgan fingerprint density at radius 3 is 2.06 bits per heavy atom. The van der Waals surface area contributed by atoms with Gasteiger partial charge in [-0.25, -0.2) is 8.42 Å². The Balaban J connectivity index is 1.68. The van der Waals surface area contributed by atoms with Crippen molar-refractivity contribution in [2.24, 2.45) is 0 Å². The number of nitro groups is 1. The van der Waals surface area contributed by atoms with Crippen LogP contribution in [-0.2, 0) is 23.0 Å². The van der Waals surface area contributed by atoms with Gasteiger partial charge in [0.15, 0.2) is 0 Å². The zero-order valence-corrected chi connectivity index (χ0v) is 19.1. The van der Waals surface area contributed by atoms with Gasteiger partial charge in [-0.1, -0.05) is 60.7 Å². The van der Waals surface area contributed by atoms with Crippen molar-refractivity contribution in [2.45, 2.75) is 30.8 Å². The third-order valence-corrected chi connectivity index (χ3v) is 7.58. The average Bonchev–Trinajstić information content (AvgIpc) is 2.82. The summed E-state index contributed by atoms with van der Waals surface area (Å²) in [6, 6.07) is 24.6. The second kappa shape index (κ2) is 9.46. The number of non-ortho nitro benzene ring substituents is 1. The summed E-state index contributed by atoms with van der Waals surface area (Å²) in [4.78, 5) is 12.7. The molecule has 0 saturated carbocycles. The van der Waals surface area contributed by atoms with Crippen molar-refractivity contribution in [3.63, 3.8) is 0 Å². The molecular weight excluding hydrogens is 438 g/mol. The highest BCUT2D eigenvalue weighted by atomic mass is 32.2. The number of benzene rings is 3. The smallest absolute Gasteiger partial charge is 0.269 e. The molecule has 0 bridgehead atoms. The van der Waals surface area contributed by atoms with Crippen LogP contribution in [0.25, 0.3) is 0 Å². The van der Waals surface area contributed by atoms with E-state index >= 15 is 0 Å². The van der Waals surface area contributed by atoms with E-state index in [0.717, 1.165) is 16.8 Å². The van der Waals surface area contributed by atoms with Gasteiger partial charge >= 0.3 is 0 Å². The van der Waals surface area contributed by atoms with Crippen LogP contribution in [0.3, 0.4) is 0 Å². The van der Waals surface area contributed by atoms with Gasteiger partial charge in [-0.2, -0.15) is 0 Å². The quantitative estimate of drug-likeness (QED) is 0.378. The summed E-state index contributed by atoms with van der Waals surface area (Å²) in [6.45, 7) is 3.11. The zero-order chi connectivity index (χ0) is 23.4. The molecule has 1 heterocycles. The lowest BCUT2D eigenvalue weighted by Crippen LogP contribution is -2.49. The molecule has 0 radical (unpaired) electrons. The van der Waals surface area contributed by atoms with Crippen LogP contribution in [0.15, 0.2) is 102 Å². The van der Waals surface area contributed by atoms with Gasteiger partial charge in [0.2, 0.25) is 0 Å². The van der Waals surface area contributed by atoms with Crippen LogP contribution in [0.2, 0.25) is 0 Å². The van der Waals surface area contributed by atoms with Crippen molar-refractivity contribution in [3.8, 4) is 0 Å². The summed E-state index contributed by atoms with van der Waals surface area (Å²) in [6.07, 6.45) is 2.22. The molecule has 0 N–H and O–H groups in total.